The average molecular weight is 335 g/mol. The Balaban J connectivity index is 1.62. The van der Waals surface area contributed by atoms with E-state index in [1.165, 1.54) is 6.26 Å². The van der Waals surface area contributed by atoms with Crippen molar-refractivity contribution in [3.05, 3.63) is 28.3 Å². The molecule has 124 valence electrons. The van der Waals surface area contributed by atoms with Crippen LogP contribution in [-0.4, -0.2) is 64.6 Å². The number of aliphatic hydroxyl groups excluding tert-OH is 1. The number of nitrogens with zero attached hydrogens (tertiary/aromatic N) is 3. The maximum absolute atomic E-state index is 12.6. The third-order valence-corrected chi connectivity index (χ3v) is 4.67. The number of piperazine rings is 1. The lowest BCUT2D eigenvalue weighted by Crippen LogP contribution is -2.50. The molecule has 0 aromatic carbocycles. The van der Waals surface area contributed by atoms with E-state index in [0.717, 1.165) is 23.8 Å². The fourth-order valence-corrected chi connectivity index (χ4v) is 3.35. The highest BCUT2D eigenvalue weighted by molar-refractivity contribution is 7.09. The van der Waals surface area contributed by atoms with Gasteiger partial charge in [-0.05, 0) is 19.9 Å². The molecule has 1 N–H and O–H groups in total. The average Bonchev–Trinajstić information content (AvgIpc) is 3.15. The van der Waals surface area contributed by atoms with Gasteiger partial charge >= 0.3 is 0 Å². The summed E-state index contributed by atoms with van der Waals surface area (Å²) in [5.41, 5.74) is 1.34. The van der Waals surface area contributed by atoms with Crippen molar-refractivity contribution in [2.75, 3.05) is 32.7 Å². The van der Waals surface area contributed by atoms with Crippen molar-refractivity contribution < 1.29 is 14.3 Å². The number of rotatable bonds is 4. The summed E-state index contributed by atoms with van der Waals surface area (Å²) in [6, 6.07) is 1.76. The monoisotopic (exact) mass is 335 g/mol. The van der Waals surface area contributed by atoms with Gasteiger partial charge < -0.3 is 14.4 Å². The highest BCUT2D eigenvalue weighted by Gasteiger charge is 2.24. The Labute approximate surface area is 139 Å². The molecule has 23 heavy (non-hydrogen) atoms. The van der Waals surface area contributed by atoms with E-state index in [0.29, 0.717) is 31.0 Å². The summed E-state index contributed by atoms with van der Waals surface area (Å²) in [5.74, 6) is 0.620. The van der Waals surface area contributed by atoms with Crippen molar-refractivity contribution in [1.29, 1.82) is 0 Å². The van der Waals surface area contributed by atoms with Crippen molar-refractivity contribution >= 4 is 17.2 Å². The second-order valence-corrected chi connectivity index (χ2v) is 6.96. The van der Waals surface area contributed by atoms with Crippen LogP contribution in [0.25, 0.3) is 11.5 Å². The third kappa shape index (κ3) is 3.80. The summed E-state index contributed by atoms with van der Waals surface area (Å²) in [5, 5.41) is 12.3. The molecule has 0 radical (unpaired) electrons. The number of hydrogen-bond donors (Lipinski definition) is 1. The lowest BCUT2D eigenvalue weighted by Gasteiger charge is -2.35. The number of aryl methyl sites for hydroxylation is 1. The van der Waals surface area contributed by atoms with Crippen molar-refractivity contribution in [1.82, 2.24) is 14.8 Å². The van der Waals surface area contributed by atoms with Crippen LogP contribution in [-0.2, 0) is 0 Å². The fraction of sp³-hybridized carbons (Fsp3) is 0.500. The van der Waals surface area contributed by atoms with E-state index < -0.39 is 0 Å². The SMILES string of the molecule is Cc1nc(-c2cc(C(=O)N3CCN(C[C@H](C)O)CC3)co2)cs1. The number of amides is 1. The molecule has 0 unspecified atom stereocenters. The minimum absolute atomic E-state index is 0.0105. The molecule has 0 saturated carbocycles. The molecule has 1 fully saturated rings. The number of carbonyl (C=O) groups excluding carboxylic acids is 1. The Bertz CT molecular complexity index is 672. The molecule has 0 aliphatic carbocycles. The summed E-state index contributed by atoms with van der Waals surface area (Å²) in [6.45, 7) is 7.28. The summed E-state index contributed by atoms with van der Waals surface area (Å²) in [6.07, 6.45) is 1.17. The number of furan rings is 1. The summed E-state index contributed by atoms with van der Waals surface area (Å²) in [7, 11) is 0. The van der Waals surface area contributed by atoms with Crippen LogP contribution < -0.4 is 0 Å². The van der Waals surface area contributed by atoms with Gasteiger partial charge in [0.15, 0.2) is 5.76 Å². The smallest absolute Gasteiger partial charge is 0.257 e. The van der Waals surface area contributed by atoms with E-state index in [9.17, 15) is 9.90 Å². The van der Waals surface area contributed by atoms with E-state index in [2.05, 4.69) is 9.88 Å². The van der Waals surface area contributed by atoms with Crippen molar-refractivity contribution in [2.45, 2.75) is 20.0 Å². The standard InChI is InChI=1S/C16H21N3O3S/c1-11(20)8-18-3-5-19(6-4-18)16(21)13-7-15(22-9-13)14-10-23-12(2)17-14/h7,9-11,20H,3-6,8H2,1-2H3/t11-/m0/s1. The minimum Gasteiger partial charge on any atom is -0.462 e. The van der Waals surface area contributed by atoms with Gasteiger partial charge in [-0.2, -0.15) is 0 Å². The molecule has 1 amide bonds. The first-order valence-corrected chi connectivity index (χ1v) is 8.61. The van der Waals surface area contributed by atoms with E-state index in [4.69, 9.17) is 4.42 Å². The zero-order valence-corrected chi connectivity index (χ0v) is 14.2. The molecule has 0 spiro atoms. The van der Waals surface area contributed by atoms with Crippen LogP contribution in [0.15, 0.2) is 22.1 Å². The van der Waals surface area contributed by atoms with Gasteiger partial charge in [0.2, 0.25) is 0 Å². The van der Waals surface area contributed by atoms with Gasteiger partial charge in [0, 0.05) is 38.1 Å². The van der Waals surface area contributed by atoms with Gasteiger partial charge in [-0.3, -0.25) is 9.69 Å². The number of aromatic nitrogens is 1. The van der Waals surface area contributed by atoms with E-state index in [-0.39, 0.29) is 12.0 Å². The summed E-state index contributed by atoms with van der Waals surface area (Å²) < 4.78 is 5.50. The van der Waals surface area contributed by atoms with Crippen molar-refractivity contribution in [3.8, 4) is 11.5 Å². The molecule has 1 atom stereocenters. The number of hydrogen-bond acceptors (Lipinski definition) is 6. The maximum Gasteiger partial charge on any atom is 0.257 e. The molecule has 7 heteroatoms. The second-order valence-electron chi connectivity index (χ2n) is 5.89. The van der Waals surface area contributed by atoms with E-state index in [1.807, 2.05) is 17.2 Å². The molecule has 1 aliphatic heterocycles. The molecule has 1 saturated heterocycles. The number of carbonyl (C=O) groups is 1. The molecular weight excluding hydrogens is 314 g/mol. The van der Waals surface area contributed by atoms with Crippen LogP contribution >= 0.6 is 11.3 Å². The molecule has 0 bridgehead atoms. The van der Waals surface area contributed by atoms with Crippen LogP contribution in [0.5, 0.6) is 0 Å². The first-order valence-electron chi connectivity index (χ1n) is 7.73. The van der Waals surface area contributed by atoms with Gasteiger partial charge in [-0.1, -0.05) is 0 Å². The summed E-state index contributed by atoms with van der Waals surface area (Å²) >= 11 is 1.56. The van der Waals surface area contributed by atoms with Crippen LogP contribution in [0.1, 0.15) is 22.3 Å². The molecule has 6 nitrogen and oxygen atoms in total. The van der Waals surface area contributed by atoms with Gasteiger partial charge in [0.1, 0.15) is 12.0 Å². The minimum atomic E-state index is -0.338. The van der Waals surface area contributed by atoms with Crippen molar-refractivity contribution in [2.24, 2.45) is 0 Å². The number of aliphatic hydroxyl groups is 1. The highest BCUT2D eigenvalue weighted by Crippen LogP contribution is 2.24. The molecule has 2 aromatic rings. The largest absolute Gasteiger partial charge is 0.462 e. The fourth-order valence-electron chi connectivity index (χ4n) is 2.75. The Morgan fingerprint density at radius 3 is 2.78 bits per heavy atom. The quantitative estimate of drug-likeness (QED) is 0.923. The van der Waals surface area contributed by atoms with E-state index in [1.54, 1.807) is 24.3 Å². The zero-order valence-electron chi connectivity index (χ0n) is 13.4. The van der Waals surface area contributed by atoms with Crippen molar-refractivity contribution in [3.63, 3.8) is 0 Å². The zero-order chi connectivity index (χ0) is 16.4. The second kappa shape index (κ2) is 6.82. The van der Waals surface area contributed by atoms with E-state index >= 15 is 0 Å². The lowest BCUT2D eigenvalue weighted by molar-refractivity contribution is 0.0553. The van der Waals surface area contributed by atoms with Gasteiger partial charge in [0.25, 0.3) is 5.91 Å². The third-order valence-electron chi connectivity index (χ3n) is 3.90. The van der Waals surface area contributed by atoms with Crippen LogP contribution in [0, 0.1) is 6.92 Å². The molecular formula is C16H21N3O3S. The number of β-amino-alcohol motifs (C(OH)–C–C–N with tert-alkyl or cyclic N) is 1. The Kier molecular flexibility index (Phi) is 4.79. The van der Waals surface area contributed by atoms with Gasteiger partial charge in [0.05, 0.1) is 16.7 Å². The summed E-state index contributed by atoms with van der Waals surface area (Å²) in [4.78, 5) is 20.9. The van der Waals surface area contributed by atoms with Crippen LogP contribution in [0.4, 0.5) is 0 Å². The normalized spacial score (nSPS) is 17.4. The van der Waals surface area contributed by atoms with Gasteiger partial charge in [-0.15, -0.1) is 11.3 Å². The molecule has 2 aromatic heterocycles. The first kappa shape index (κ1) is 16.2. The number of thiazole rings is 1. The molecule has 1 aliphatic rings. The maximum atomic E-state index is 12.6. The lowest BCUT2D eigenvalue weighted by atomic mass is 10.2. The highest BCUT2D eigenvalue weighted by atomic mass is 32.1. The molecule has 3 rings (SSSR count). The molecule has 3 heterocycles. The van der Waals surface area contributed by atoms with Gasteiger partial charge in [-0.25, -0.2) is 4.98 Å². The Morgan fingerprint density at radius 2 is 2.17 bits per heavy atom. The Morgan fingerprint density at radius 1 is 1.43 bits per heavy atom. The predicted octanol–water partition coefficient (Wildman–Crippen LogP) is 1.85. The Hall–Kier alpha value is -1.70. The predicted molar refractivity (Wildman–Crippen MR) is 88.6 cm³/mol. The van der Waals surface area contributed by atoms with Crippen LogP contribution in [0.3, 0.4) is 0 Å². The topological polar surface area (TPSA) is 69.8 Å². The first-order chi connectivity index (χ1) is 11.0. The van der Waals surface area contributed by atoms with Crippen LogP contribution in [0.2, 0.25) is 0 Å².